The fourth-order valence-corrected chi connectivity index (χ4v) is 3.97. The van der Waals surface area contributed by atoms with Gasteiger partial charge in [0.25, 0.3) is 0 Å². The molecule has 162 valence electrons. The van der Waals surface area contributed by atoms with Crippen molar-refractivity contribution in [1.29, 1.82) is 0 Å². The van der Waals surface area contributed by atoms with Gasteiger partial charge in [0.2, 0.25) is 11.9 Å². The van der Waals surface area contributed by atoms with E-state index < -0.39 is 0 Å². The molecule has 1 aromatic carbocycles. The van der Waals surface area contributed by atoms with E-state index in [-0.39, 0.29) is 24.2 Å². The van der Waals surface area contributed by atoms with E-state index in [1.807, 2.05) is 37.7 Å². The number of hydrogen-bond acceptors (Lipinski definition) is 6. The summed E-state index contributed by atoms with van der Waals surface area (Å²) in [7, 11) is 3.76. The second-order valence-electron chi connectivity index (χ2n) is 8.14. The fourth-order valence-electron chi connectivity index (χ4n) is 3.97. The summed E-state index contributed by atoms with van der Waals surface area (Å²) in [6, 6.07) is 5.98. The van der Waals surface area contributed by atoms with Crippen molar-refractivity contribution in [3.05, 3.63) is 58.8 Å². The largest absolute Gasteiger partial charge is 0.356 e. The lowest BCUT2D eigenvalue weighted by atomic mass is 10.0. The van der Waals surface area contributed by atoms with Crippen LogP contribution < -0.4 is 4.90 Å². The van der Waals surface area contributed by atoms with Crippen LogP contribution in [0.3, 0.4) is 0 Å². The molecule has 1 aliphatic rings. The molecule has 31 heavy (non-hydrogen) atoms. The minimum absolute atomic E-state index is 0.0467. The van der Waals surface area contributed by atoms with Crippen molar-refractivity contribution < 1.29 is 13.7 Å². The van der Waals surface area contributed by atoms with E-state index in [0.29, 0.717) is 23.8 Å². The molecule has 2 aromatic heterocycles. The Kier molecular flexibility index (Phi) is 5.71. The highest BCUT2D eigenvalue weighted by atomic mass is 19.1. The van der Waals surface area contributed by atoms with Crippen molar-refractivity contribution in [2.75, 3.05) is 25.5 Å². The predicted molar refractivity (Wildman–Crippen MR) is 115 cm³/mol. The van der Waals surface area contributed by atoms with Crippen LogP contribution in [0.4, 0.5) is 10.3 Å². The maximum absolute atomic E-state index is 13.6. The smallest absolute Gasteiger partial charge is 0.227 e. The maximum atomic E-state index is 13.6. The summed E-state index contributed by atoms with van der Waals surface area (Å²) in [6.45, 7) is 4.47. The Morgan fingerprint density at radius 2 is 2.13 bits per heavy atom. The number of hydrogen-bond donors (Lipinski definition) is 0. The van der Waals surface area contributed by atoms with Crippen LogP contribution in [0, 0.1) is 19.7 Å². The summed E-state index contributed by atoms with van der Waals surface area (Å²) < 4.78 is 19.2. The van der Waals surface area contributed by atoms with Gasteiger partial charge in [-0.1, -0.05) is 17.3 Å². The Bertz CT molecular complexity index is 1110. The lowest BCUT2D eigenvalue weighted by molar-refractivity contribution is -0.131. The first kappa shape index (κ1) is 21.0. The zero-order valence-corrected chi connectivity index (χ0v) is 18.2. The molecule has 0 saturated carbocycles. The van der Waals surface area contributed by atoms with Crippen LogP contribution in [-0.2, 0) is 11.2 Å². The molecular weight excluding hydrogens is 397 g/mol. The van der Waals surface area contributed by atoms with Crippen LogP contribution in [0.25, 0.3) is 11.3 Å². The van der Waals surface area contributed by atoms with Crippen molar-refractivity contribution in [3.8, 4) is 11.3 Å². The number of rotatable bonds is 5. The van der Waals surface area contributed by atoms with Crippen molar-refractivity contribution in [2.45, 2.75) is 39.2 Å². The number of halogens is 1. The van der Waals surface area contributed by atoms with Gasteiger partial charge in [-0.15, -0.1) is 0 Å². The van der Waals surface area contributed by atoms with E-state index in [0.717, 1.165) is 35.4 Å². The Morgan fingerprint density at radius 1 is 1.32 bits per heavy atom. The quantitative estimate of drug-likeness (QED) is 0.620. The van der Waals surface area contributed by atoms with E-state index >= 15 is 0 Å². The van der Waals surface area contributed by atoms with Crippen molar-refractivity contribution >= 4 is 11.9 Å². The third kappa shape index (κ3) is 4.15. The van der Waals surface area contributed by atoms with Crippen LogP contribution >= 0.6 is 0 Å². The Morgan fingerprint density at radius 3 is 2.81 bits per heavy atom. The van der Waals surface area contributed by atoms with E-state index in [1.54, 1.807) is 18.3 Å². The number of nitrogens with zero attached hydrogens (tertiary/aromatic N) is 5. The predicted octanol–water partition coefficient (Wildman–Crippen LogP) is 3.86. The lowest BCUT2D eigenvalue weighted by Gasteiger charge is -2.26. The van der Waals surface area contributed by atoms with Gasteiger partial charge in [0.15, 0.2) is 5.76 Å². The average Bonchev–Trinajstić information content (AvgIpc) is 3.35. The summed E-state index contributed by atoms with van der Waals surface area (Å²) in [6.07, 6.45) is 3.56. The molecule has 1 aliphatic heterocycles. The van der Waals surface area contributed by atoms with Crippen molar-refractivity contribution in [3.63, 3.8) is 0 Å². The topological polar surface area (TPSA) is 75.4 Å². The number of aromatic nitrogens is 3. The standard InChI is InChI=1S/C23H26FN5O2/c1-14-15(2)27-31-22(14)18-13-25-23(28(3)4)26-21(18)19-9-6-10-29(19)20(30)12-16-7-5-8-17(24)11-16/h5,7-8,11,13,19H,6,9-10,12H2,1-4H3. The first-order valence-corrected chi connectivity index (χ1v) is 10.4. The highest BCUT2D eigenvalue weighted by Gasteiger charge is 2.34. The highest BCUT2D eigenvalue weighted by molar-refractivity contribution is 5.80. The molecule has 1 unspecified atom stereocenters. The summed E-state index contributed by atoms with van der Waals surface area (Å²) in [5.41, 5.74) is 3.90. The van der Waals surface area contributed by atoms with Gasteiger partial charge >= 0.3 is 0 Å². The molecule has 7 nitrogen and oxygen atoms in total. The molecule has 4 rings (SSSR count). The molecule has 3 aromatic rings. The molecule has 1 fully saturated rings. The third-order valence-corrected chi connectivity index (χ3v) is 5.74. The normalized spacial score (nSPS) is 16.0. The molecule has 0 bridgehead atoms. The van der Waals surface area contributed by atoms with Crippen LogP contribution in [0.5, 0.6) is 0 Å². The third-order valence-electron chi connectivity index (χ3n) is 5.74. The molecule has 0 spiro atoms. The Labute approximate surface area is 180 Å². The number of carbonyl (C=O) groups is 1. The molecule has 8 heteroatoms. The molecule has 0 radical (unpaired) electrons. The molecule has 1 amide bonds. The first-order chi connectivity index (χ1) is 14.8. The van der Waals surface area contributed by atoms with Gasteiger partial charge < -0.3 is 14.3 Å². The summed E-state index contributed by atoms with van der Waals surface area (Å²) in [5, 5.41) is 4.08. The lowest BCUT2D eigenvalue weighted by Crippen LogP contribution is -2.33. The monoisotopic (exact) mass is 423 g/mol. The zero-order valence-electron chi connectivity index (χ0n) is 18.2. The van der Waals surface area contributed by atoms with E-state index in [1.165, 1.54) is 12.1 Å². The minimum Gasteiger partial charge on any atom is -0.356 e. The molecular formula is C23H26FN5O2. The number of carbonyl (C=O) groups excluding carboxylic acids is 1. The van der Waals surface area contributed by atoms with E-state index in [2.05, 4.69) is 10.1 Å². The number of aryl methyl sites for hydroxylation is 1. The Balaban J connectivity index is 1.71. The van der Waals surface area contributed by atoms with Crippen LogP contribution in [0.15, 0.2) is 35.0 Å². The van der Waals surface area contributed by atoms with Gasteiger partial charge in [-0.3, -0.25) is 4.79 Å². The Hall–Kier alpha value is -3.29. The van der Waals surface area contributed by atoms with Gasteiger partial charge in [0.05, 0.1) is 29.4 Å². The second kappa shape index (κ2) is 8.45. The molecule has 1 saturated heterocycles. The second-order valence-corrected chi connectivity index (χ2v) is 8.14. The number of likely N-dealkylation sites (tertiary alicyclic amines) is 1. The van der Waals surface area contributed by atoms with Gasteiger partial charge in [0, 0.05) is 32.4 Å². The summed E-state index contributed by atoms with van der Waals surface area (Å²) >= 11 is 0. The number of benzene rings is 1. The summed E-state index contributed by atoms with van der Waals surface area (Å²) in [4.78, 5) is 26.1. The van der Waals surface area contributed by atoms with Gasteiger partial charge in [-0.25, -0.2) is 14.4 Å². The van der Waals surface area contributed by atoms with Crippen LogP contribution in [0.2, 0.25) is 0 Å². The summed E-state index contributed by atoms with van der Waals surface area (Å²) in [5.74, 6) is 0.807. The zero-order chi connectivity index (χ0) is 22.1. The van der Waals surface area contributed by atoms with Gasteiger partial charge in [0.1, 0.15) is 5.82 Å². The van der Waals surface area contributed by atoms with Gasteiger partial charge in [-0.05, 0) is 44.4 Å². The molecule has 0 aliphatic carbocycles. The number of anilines is 1. The maximum Gasteiger partial charge on any atom is 0.227 e. The van der Waals surface area contributed by atoms with Crippen LogP contribution in [-0.4, -0.2) is 46.6 Å². The van der Waals surface area contributed by atoms with E-state index in [4.69, 9.17) is 9.51 Å². The number of amides is 1. The SMILES string of the molecule is Cc1noc(-c2cnc(N(C)C)nc2C2CCCN2C(=O)Cc2cccc(F)c2)c1C. The molecule has 3 heterocycles. The fraction of sp³-hybridized carbons (Fsp3) is 0.391. The molecule has 0 N–H and O–H groups in total. The first-order valence-electron chi connectivity index (χ1n) is 10.4. The minimum atomic E-state index is -0.340. The molecule has 1 atom stereocenters. The van der Waals surface area contributed by atoms with Crippen LogP contribution in [0.1, 0.15) is 41.4 Å². The van der Waals surface area contributed by atoms with Crippen molar-refractivity contribution in [2.24, 2.45) is 0 Å². The van der Waals surface area contributed by atoms with Crippen molar-refractivity contribution in [1.82, 2.24) is 20.0 Å². The highest BCUT2D eigenvalue weighted by Crippen LogP contribution is 2.38. The van der Waals surface area contributed by atoms with E-state index in [9.17, 15) is 9.18 Å². The van der Waals surface area contributed by atoms with Gasteiger partial charge in [-0.2, -0.15) is 0 Å². The average molecular weight is 423 g/mol.